The third-order valence-corrected chi connectivity index (χ3v) is 6.87. The van der Waals surface area contributed by atoms with Crippen LogP contribution < -0.4 is 10.9 Å². The molecule has 3 aromatic heterocycles. The molecule has 1 amide bonds. The maximum absolute atomic E-state index is 13.2. The maximum Gasteiger partial charge on any atom is 0.272 e. The Morgan fingerprint density at radius 1 is 1.23 bits per heavy atom. The first-order valence-corrected chi connectivity index (χ1v) is 11.6. The number of pyridine rings is 1. The summed E-state index contributed by atoms with van der Waals surface area (Å²) in [5, 5.41) is 4.39. The minimum atomic E-state index is -0.123. The number of aryl methyl sites for hydroxylation is 1. The van der Waals surface area contributed by atoms with Gasteiger partial charge in [0.2, 0.25) is 5.91 Å². The van der Waals surface area contributed by atoms with Crippen molar-refractivity contribution < 1.29 is 4.79 Å². The zero-order valence-corrected chi connectivity index (χ0v) is 18.5. The van der Waals surface area contributed by atoms with E-state index in [2.05, 4.69) is 17.2 Å². The Bertz CT molecular complexity index is 1280. The Labute approximate surface area is 182 Å². The van der Waals surface area contributed by atoms with Crippen LogP contribution in [-0.2, 0) is 11.3 Å². The monoisotopic (exact) mass is 438 g/mol. The van der Waals surface area contributed by atoms with E-state index in [9.17, 15) is 9.59 Å². The second-order valence-corrected chi connectivity index (χ2v) is 8.93. The van der Waals surface area contributed by atoms with E-state index in [1.165, 1.54) is 23.1 Å². The van der Waals surface area contributed by atoms with Gasteiger partial charge in [0, 0.05) is 23.8 Å². The summed E-state index contributed by atoms with van der Waals surface area (Å²) in [5.74, 6) is 0.0566. The highest BCUT2D eigenvalue weighted by Gasteiger charge is 2.17. The molecule has 1 N–H and O–H groups in total. The minimum Gasteiger partial charge on any atom is -0.325 e. The highest BCUT2D eigenvalue weighted by molar-refractivity contribution is 7.99. The van der Waals surface area contributed by atoms with Gasteiger partial charge in [-0.05, 0) is 37.1 Å². The number of aromatic nitrogens is 3. The van der Waals surface area contributed by atoms with Crippen LogP contribution in [0.25, 0.3) is 20.4 Å². The van der Waals surface area contributed by atoms with Crippen molar-refractivity contribution in [3.05, 3.63) is 58.5 Å². The molecular weight excluding hydrogens is 416 g/mol. The molecule has 1 aromatic carbocycles. The average Bonchev–Trinajstić information content (AvgIpc) is 3.12. The number of nitrogens with zero attached hydrogens (tertiary/aromatic N) is 3. The van der Waals surface area contributed by atoms with Crippen LogP contribution in [0.3, 0.4) is 0 Å². The third kappa shape index (κ3) is 4.11. The molecule has 0 radical (unpaired) electrons. The number of fused-ring (bicyclic) bond motifs is 3. The van der Waals surface area contributed by atoms with E-state index in [0.717, 1.165) is 34.3 Å². The number of carbonyl (C=O) groups excluding carboxylic acids is 1. The number of benzene rings is 1. The lowest BCUT2D eigenvalue weighted by atomic mass is 10.2. The van der Waals surface area contributed by atoms with Crippen molar-refractivity contribution in [2.75, 3.05) is 11.1 Å². The zero-order valence-electron chi connectivity index (χ0n) is 16.8. The third-order valence-electron chi connectivity index (χ3n) is 4.80. The van der Waals surface area contributed by atoms with Crippen molar-refractivity contribution >= 4 is 55.1 Å². The van der Waals surface area contributed by atoms with Crippen molar-refractivity contribution in [2.45, 2.75) is 38.4 Å². The van der Waals surface area contributed by atoms with Crippen LogP contribution >= 0.6 is 23.1 Å². The smallest absolute Gasteiger partial charge is 0.272 e. The highest BCUT2D eigenvalue weighted by Crippen LogP contribution is 2.30. The van der Waals surface area contributed by atoms with Crippen LogP contribution in [0.2, 0.25) is 0 Å². The van der Waals surface area contributed by atoms with E-state index in [1.807, 2.05) is 43.3 Å². The Kier molecular flexibility index (Phi) is 6.15. The molecule has 0 aliphatic heterocycles. The van der Waals surface area contributed by atoms with Gasteiger partial charge in [-0.25, -0.2) is 9.97 Å². The van der Waals surface area contributed by atoms with Gasteiger partial charge in [0.25, 0.3) is 5.56 Å². The lowest BCUT2D eigenvalue weighted by Crippen LogP contribution is -2.23. The number of anilines is 1. The number of unbranched alkanes of at least 4 members (excludes halogenated alkanes) is 1. The van der Waals surface area contributed by atoms with Crippen molar-refractivity contribution in [1.82, 2.24) is 14.5 Å². The Morgan fingerprint density at radius 2 is 2.07 bits per heavy atom. The molecule has 0 saturated heterocycles. The Morgan fingerprint density at radius 3 is 2.87 bits per heavy atom. The van der Waals surface area contributed by atoms with Crippen LogP contribution in [-0.4, -0.2) is 26.2 Å². The number of thioether (sulfide) groups is 1. The van der Waals surface area contributed by atoms with Gasteiger partial charge in [0.15, 0.2) is 5.16 Å². The minimum absolute atomic E-state index is 0.0572. The van der Waals surface area contributed by atoms with Gasteiger partial charge in [-0.3, -0.25) is 14.2 Å². The molecule has 4 aromatic rings. The van der Waals surface area contributed by atoms with Crippen molar-refractivity contribution in [2.24, 2.45) is 0 Å². The van der Waals surface area contributed by atoms with Gasteiger partial charge in [-0.1, -0.05) is 43.3 Å². The number of para-hydroxylation sites is 1. The maximum atomic E-state index is 13.2. The van der Waals surface area contributed by atoms with Gasteiger partial charge in [0.1, 0.15) is 9.53 Å². The van der Waals surface area contributed by atoms with Gasteiger partial charge in [-0.15, -0.1) is 11.3 Å². The Hall–Kier alpha value is -2.71. The predicted octanol–water partition coefficient (Wildman–Crippen LogP) is 4.85. The summed E-state index contributed by atoms with van der Waals surface area (Å²) in [5.41, 5.74) is 2.42. The van der Waals surface area contributed by atoms with E-state index < -0.39 is 0 Å². The summed E-state index contributed by atoms with van der Waals surface area (Å²) >= 11 is 2.67. The van der Waals surface area contributed by atoms with Gasteiger partial charge >= 0.3 is 0 Å². The number of nitrogens with one attached hydrogen (secondary N) is 1. The summed E-state index contributed by atoms with van der Waals surface area (Å²) in [7, 11) is 0. The molecule has 154 valence electrons. The first-order chi connectivity index (χ1) is 14.6. The second kappa shape index (κ2) is 8.97. The van der Waals surface area contributed by atoms with Crippen molar-refractivity contribution in [1.29, 1.82) is 0 Å². The molecule has 0 atom stereocenters. The van der Waals surface area contributed by atoms with E-state index in [1.54, 1.807) is 10.8 Å². The zero-order chi connectivity index (χ0) is 21.1. The molecule has 0 aliphatic rings. The number of thiophene rings is 1. The number of carbonyl (C=O) groups is 1. The molecule has 6 nitrogen and oxygen atoms in total. The molecule has 30 heavy (non-hydrogen) atoms. The SMILES string of the molecule is CCCCn1c(SCC(=O)Nc2ccccc2C)nc2c(sc3ncccc32)c1=O. The fraction of sp³-hybridized carbons (Fsp3) is 0.273. The fourth-order valence-electron chi connectivity index (χ4n) is 3.19. The van der Waals surface area contributed by atoms with Crippen LogP contribution in [0, 0.1) is 6.92 Å². The first-order valence-electron chi connectivity index (χ1n) is 9.85. The van der Waals surface area contributed by atoms with E-state index in [0.29, 0.717) is 21.9 Å². The van der Waals surface area contributed by atoms with E-state index >= 15 is 0 Å². The van der Waals surface area contributed by atoms with E-state index in [-0.39, 0.29) is 17.2 Å². The standard InChI is InChI=1S/C22H22N4O2S2/c1-3-4-12-26-21(28)19-18(15-9-7-11-23-20(15)30-19)25-22(26)29-13-17(27)24-16-10-6-5-8-14(16)2/h5-11H,3-4,12-13H2,1-2H3,(H,24,27). The molecule has 0 spiro atoms. The topological polar surface area (TPSA) is 76.9 Å². The summed E-state index contributed by atoms with van der Waals surface area (Å²) in [4.78, 5) is 35.7. The summed E-state index contributed by atoms with van der Waals surface area (Å²) < 4.78 is 2.32. The molecule has 0 saturated carbocycles. The molecule has 8 heteroatoms. The number of amides is 1. The van der Waals surface area contributed by atoms with Crippen LogP contribution in [0.15, 0.2) is 52.5 Å². The first kappa shape index (κ1) is 20.6. The average molecular weight is 439 g/mol. The quantitative estimate of drug-likeness (QED) is 0.330. The summed E-state index contributed by atoms with van der Waals surface area (Å²) in [6, 6.07) is 11.4. The van der Waals surface area contributed by atoms with Crippen LogP contribution in [0.5, 0.6) is 0 Å². The molecule has 0 fully saturated rings. The fourth-order valence-corrected chi connectivity index (χ4v) is 5.04. The Balaban J connectivity index is 1.66. The molecule has 4 rings (SSSR count). The second-order valence-electron chi connectivity index (χ2n) is 6.99. The largest absolute Gasteiger partial charge is 0.325 e. The summed E-state index contributed by atoms with van der Waals surface area (Å²) in [6.07, 6.45) is 3.56. The number of rotatable bonds is 7. The molecule has 0 aliphatic carbocycles. The van der Waals surface area contributed by atoms with Crippen molar-refractivity contribution in [3.8, 4) is 0 Å². The van der Waals surface area contributed by atoms with Crippen LogP contribution in [0.1, 0.15) is 25.3 Å². The molecule has 0 unspecified atom stereocenters. The normalized spacial score (nSPS) is 11.3. The highest BCUT2D eigenvalue weighted by atomic mass is 32.2. The number of hydrogen-bond acceptors (Lipinski definition) is 6. The predicted molar refractivity (Wildman–Crippen MR) is 125 cm³/mol. The van der Waals surface area contributed by atoms with Crippen molar-refractivity contribution in [3.63, 3.8) is 0 Å². The lowest BCUT2D eigenvalue weighted by molar-refractivity contribution is -0.113. The molecule has 0 bridgehead atoms. The van der Waals surface area contributed by atoms with Gasteiger partial charge < -0.3 is 5.32 Å². The molecular formula is C22H22N4O2S2. The van der Waals surface area contributed by atoms with E-state index in [4.69, 9.17) is 4.98 Å². The lowest BCUT2D eigenvalue weighted by Gasteiger charge is -2.12. The number of hydrogen-bond donors (Lipinski definition) is 1. The molecule has 3 heterocycles. The van der Waals surface area contributed by atoms with Gasteiger partial charge in [-0.2, -0.15) is 0 Å². The van der Waals surface area contributed by atoms with Crippen LogP contribution in [0.4, 0.5) is 5.69 Å². The summed E-state index contributed by atoms with van der Waals surface area (Å²) in [6.45, 7) is 4.63. The van der Waals surface area contributed by atoms with Gasteiger partial charge in [0.05, 0.1) is 11.3 Å².